The Bertz CT molecular complexity index is 1280. The maximum Gasteiger partial charge on any atom is 0.408 e. The summed E-state index contributed by atoms with van der Waals surface area (Å²) in [7, 11) is 0. The van der Waals surface area contributed by atoms with Crippen molar-refractivity contribution in [1.82, 2.24) is 25.3 Å². The molecule has 0 saturated carbocycles. The highest BCUT2D eigenvalue weighted by Crippen LogP contribution is 2.30. The number of rotatable bonds is 5. The maximum absolute atomic E-state index is 13.8. The minimum Gasteiger partial charge on any atom is -0.444 e. The van der Waals surface area contributed by atoms with Crippen molar-refractivity contribution in [3.8, 4) is 11.1 Å². The molecule has 33 heavy (non-hydrogen) atoms. The van der Waals surface area contributed by atoms with Crippen LogP contribution in [0.1, 0.15) is 38.1 Å². The lowest BCUT2D eigenvalue weighted by Crippen LogP contribution is -2.36. The molecule has 0 aliphatic carbocycles. The van der Waals surface area contributed by atoms with E-state index in [-0.39, 0.29) is 6.42 Å². The number of ether oxygens (including phenoxy) is 1. The molecule has 1 aromatic carbocycles. The van der Waals surface area contributed by atoms with Gasteiger partial charge in [-0.15, -0.1) is 0 Å². The first kappa shape index (κ1) is 22.3. The van der Waals surface area contributed by atoms with E-state index in [1.54, 1.807) is 39.4 Å². The second kappa shape index (κ2) is 8.93. The molecule has 3 heterocycles. The molecule has 0 saturated heterocycles. The molecular formula is C24H23F2N5O2. The van der Waals surface area contributed by atoms with Gasteiger partial charge >= 0.3 is 6.09 Å². The van der Waals surface area contributed by atoms with Gasteiger partial charge in [0.2, 0.25) is 0 Å². The summed E-state index contributed by atoms with van der Waals surface area (Å²) in [5, 5.41) is 3.69. The van der Waals surface area contributed by atoms with Gasteiger partial charge in [-0.05, 0) is 57.0 Å². The molecule has 1 amide bonds. The third-order valence-corrected chi connectivity index (χ3v) is 4.84. The van der Waals surface area contributed by atoms with E-state index in [2.05, 4.69) is 25.3 Å². The molecule has 7 nitrogen and oxygen atoms in total. The number of carbonyl (C=O) groups excluding carboxylic acids is 1. The number of benzene rings is 1. The Labute approximate surface area is 189 Å². The van der Waals surface area contributed by atoms with Crippen LogP contribution >= 0.6 is 0 Å². The largest absolute Gasteiger partial charge is 0.444 e. The van der Waals surface area contributed by atoms with E-state index >= 15 is 0 Å². The van der Waals surface area contributed by atoms with Crippen LogP contribution in [0.2, 0.25) is 0 Å². The third kappa shape index (κ3) is 5.49. The topological polar surface area (TPSA) is 92.8 Å². The van der Waals surface area contributed by atoms with Gasteiger partial charge in [-0.3, -0.25) is 0 Å². The molecule has 0 unspecified atom stereocenters. The number of hydrogen-bond donors (Lipinski definition) is 2. The van der Waals surface area contributed by atoms with Crippen LogP contribution in [0.5, 0.6) is 0 Å². The van der Waals surface area contributed by atoms with Crippen LogP contribution in [0.15, 0.2) is 55.2 Å². The molecule has 1 atom stereocenters. The first-order chi connectivity index (χ1) is 15.7. The van der Waals surface area contributed by atoms with Gasteiger partial charge in [-0.25, -0.2) is 28.5 Å². The minimum absolute atomic E-state index is 0.0811. The second-order valence-corrected chi connectivity index (χ2v) is 8.64. The van der Waals surface area contributed by atoms with Crippen molar-refractivity contribution in [2.45, 2.75) is 38.8 Å². The zero-order valence-electron chi connectivity index (χ0n) is 18.4. The molecule has 9 heteroatoms. The van der Waals surface area contributed by atoms with Gasteiger partial charge in [-0.2, -0.15) is 0 Å². The van der Waals surface area contributed by atoms with Crippen LogP contribution in [0, 0.1) is 11.6 Å². The van der Waals surface area contributed by atoms with Crippen molar-refractivity contribution in [2.24, 2.45) is 0 Å². The summed E-state index contributed by atoms with van der Waals surface area (Å²) in [6.45, 7) is 5.24. The van der Waals surface area contributed by atoms with Crippen molar-refractivity contribution in [3.05, 3.63) is 78.1 Å². The van der Waals surface area contributed by atoms with Crippen LogP contribution in [0.25, 0.3) is 22.2 Å². The van der Waals surface area contributed by atoms with Gasteiger partial charge in [0.15, 0.2) is 0 Å². The monoisotopic (exact) mass is 451 g/mol. The summed E-state index contributed by atoms with van der Waals surface area (Å²) >= 11 is 0. The molecule has 0 aliphatic rings. The number of carbonyl (C=O) groups is 1. The number of alkyl carbamates (subject to hydrolysis) is 1. The van der Waals surface area contributed by atoms with Crippen molar-refractivity contribution in [1.29, 1.82) is 0 Å². The molecular weight excluding hydrogens is 428 g/mol. The number of aromatic amines is 1. The summed E-state index contributed by atoms with van der Waals surface area (Å²) in [6.07, 6.45) is 5.85. The van der Waals surface area contributed by atoms with E-state index in [9.17, 15) is 13.6 Å². The number of fused-ring (bicyclic) bond motifs is 1. The summed E-state index contributed by atoms with van der Waals surface area (Å²) in [5.74, 6) is -1.41. The maximum atomic E-state index is 13.8. The highest BCUT2D eigenvalue weighted by Gasteiger charge is 2.25. The lowest BCUT2D eigenvalue weighted by Gasteiger charge is -2.24. The quantitative estimate of drug-likeness (QED) is 0.440. The number of nitrogens with zero attached hydrogens (tertiary/aromatic N) is 3. The van der Waals surface area contributed by atoms with Gasteiger partial charge < -0.3 is 15.0 Å². The van der Waals surface area contributed by atoms with E-state index in [0.717, 1.165) is 22.7 Å². The fraction of sp³-hybridized carbons (Fsp3) is 0.250. The molecule has 170 valence electrons. The number of hydrogen-bond acceptors (Lipinski definition) is 5. The van der Waals surface area contributed by atoms with Gasteiger partial charge in [0.05, 0.1) is 11.7 Å². The molecule has 4 aromatic rings. The van der Waals surface area contributed by atoms with Crippen molar-refractivity contribution < 1.29 is 18.3 Å². The Morgan fingerprint density at radius 1 is 1.12 bits per heavy atom. The van der Waals surface area contributed by atoms with Crippen LogP contribution in [0.4, 0.5) is 13.6 Å². The average Bonchev–Trinajstić information content (AvgIpc) is 3.19. The Morgan fingerprint density at radius 2 is 1.88 bits per heavy atom. The number of amides is 1. The fourth-order valence-corrected chi connectivity index (χ4v) is 3.56. The van der Waals surface area contributed by atoms with Crippen molar-refractivity contribution in [2.75, 3.05) is 0 Å². The van der Waals surface area contributed by atoms with Crippen LogP contribution < -0.4 is 5.32 Å². The summed E-state index contributed by atoms with van der Waals surface area (Å²) in [5.41, 5.74) is 2.20. The van der Waals surface area contributed by atoms with E-state index in [1.807, 2.05) is 12.1 Å². The Morgan fingerprint density at radius 3 is 2.61 bits per heavy atom. The van der Waals surface area contributed by atoms with Crippen LogP contribution in [-0.2, 0) is 11.2 Å². The smallest absolute Gasteiger partial charge is 0.408 e. The molecule has 0 bridgehead atoms. The number of pyridine rings is 1. The molecule has 0 fully saturated rings. The van der Waals surface area contributed by atoms with Gasteiger partial charge in [0, 0.05) is 41.2 Å². The molecule has 3 aromatic heterocycles. The SMILES string of the molecule is CC(C)(C)OC(=O)N[C@@H](Cc1cc(F)cc(F)c1)c1ncncc1-c1cnc2[nH]ccc2c1. The Hall–Kier alpha value is -3.88. The standard InChI is InChI=1S/C24H23F2N5O2/c1-24(2,3)33-23(32)31-20(8-14-6-17(25)10-18(26)7-14)21-19(12-27-13-30-21)16-9-15-4-5-28-22(15)29-11-16/h4-7,9-13,20H,8H2,1-3H3,(H,28,29)(H,31,32)/t20-/m0/s1. The normalized spacial score (nSPS) is 12.5. The number of halogens is 2. The Balaban J connectivity index is 1.75. The third-order valence-electron chi connectivity index (χ3n) is 4.84. The van der Waals surface area contributed by atoms with Gasteiger partial charge in [-0.1, -0.05) is 0 Å². The lowest BCUT2D eigenvalue weighted by molar-refractivity contribution is 0.0502. The van der Waals surface area contributed by atoms with E-state index in [4.69, 9.17) is 4.74 Å². The van der Waals surface area contributed by atoms with Gasteiger partial charge in [0.1, 0.15) is 29.2 Å². The molecule has 0 spiro atoms. The number of H-pyrrole nitrogens is 1. The van der Waals surface area contributed by atoms with Crippen LogP contribution in [0.3, 0.4) is 0 Å². The average molecular weight is 451 g/mol. The highest BCUT2D eigenvalue weighted by molar-refractivity contribution is 5.82. The first-order valence-corrected chi connectivity index (χ1v) is 10.4. The molecule has 0 aliphatic heterocycles. The van der Waals surface area contributed by atoms with Crippen molar-refractivity contribution >= 4 is 17.1 Å². The Kier molecular flexibility index (Phi) is 6.04. The van der Waals surface area contributed by atoms with Crippen molar-refractivity contribution in [3.63, 3.8) is 0 Å². The zero-order chi connectivity index (χ0) is 23.6. The molecule has 4 rings (SSSR count). The van der Waals surface area contributed by atoms with Crippen LogP contribution in [-0.4, -0.2) is 31.6 Å². The predicted molar refractivity (Wildman–Crippen MR) is 119 cm³/mol. The second-order valence-electron chi connectivity index (χ2n) is 8.64. The lowest BCUT2D eigenvalue weighted by atomic mass is 9.97. The number of aromatic nitrogens is 4. The summed E-state index contributed by atoms with van der Waals surface area (Å²) in [6, 6.07) is 6.31. The van der Waals surface area contributed by atoms with Gasteiger partial charge in [0.25, 0.3) is 0 Å². The minimum atomic E-state index is -0.749. The molecule has 0 radical (unpaired) electrons. The highest BCUT2D eigenvalue weighted by atomic mass is 19.1. The van der Waals surface area contributed by atoms with E-state index in [0.29, 0.717) is 16.8 Å². The fourth-order valence-electron chi connectivity index (χ4n) is 3.56. The van der Waals surface area contributed by atoms with E-state index < -0.39 is 29.4 Å². The zero-order valence-corrected chi connectivity index (χ0v) is 18.4. The molecule has 2 N–H and O–H groups in total. The predicted octanol–water partition coefficient (Wildman–Crippen LogP) is 5.11. The first-order valence-electron chi connectivity index (χ1n) is 10.4. The summed E-state index contributed by atoms with van der Waals surface area (Å²) < 4.78 is 33.1. The number of nitrogens with one attached hydrogen (secondary N) is 2. The van der Waals surface area contributed by atoms with E-state index in [1.165, 1.54) is 18.5 Å². The summed E-state index contributed by atoms with van der Waals surface area (Å²) in [4.78, 5) is 28.6.